The van der Waals surface area contributed by atoms with Crippen LogP contribution in [-0.4, -0.2) is 36.5 Å². The lowest BCUT2D eigenvalue weighted by Crippen LogP contribution is -2.38. The third-order valence-electron chi connectivity index (χ3n) is 5.95. The van der Waals surface area contributed by atoms with E-state index in [1.165, 1.54) is 10.4 Å². The fourth-order valence-electron chi connectivity index (χ4n) is 4.23. The van der Waals surface area contributed by atoms with Crippen molar-refractivity contribution in [2.75, 3.05) is 25.0 Å². The van der Waals surface area contributed by atoms with Gasteiger partial charge < -0.3 is 19.8 Å². The largest absolute Gasteiger partial charge is 0.462 e. The highest BCUT2D eigenvalue weighted by Crippen LogP contribution is 2.41. The van der Waals surface area contributed by atoms with Crippen LogP contribution >= 0.6 is 11.3 Å². The molecule has 166 valence electrons. The van der Waals surface area contributed by atoms with Gasteiger partial charge in [0, 0.05) is 23.5 Å². The molecule has 0 saturated heterocycles. The number of furan rings is 1. The molecule has 7 nitrogen and oxygen atoms in total. The van der Waals surface area contributed by atoms with E-state index in [9.17, 15) is 9.59 Å². The summed E-state index contributed by atoms with van der Waals surface area (Å²) in [7, 11) is 0. The minimum atomic E-state index is -0.426. The van der Waals surface area contributed by atoms with E-state index in [0.717, 1.165) is 42.2 Å². The van der Waals surface area contributed by atoms with Crippen LogP contribution in [0.15, 0.2) is 40.8 Å². The normalized spacial score (nSPS) is 17.8. The zero-order valence-corrected chi connectivity index (χ0v) is 18.9. The highest BCUT2D eigenvalue weighted by molar-refractivity contribution is 7.16. The lowest BCUT2D eigenvalue weighted by Gasteiger charge is -2.27. The topological polar surface area (TPSA) is 83.8 Å². The van der Waals surface area contributed by atoms with Crippen LogP contribution in [0.1, 0.15) is 56.9 Å². The molecule has 2 aliphatic rings. The Kier molecular flexibility index (Phi) is 5.48. The van der Waals surface area contributed by atoms with Crippen LogP contribution in [0, 0.1) is 0 Å². The second-order valence-corrected chi connectivity index (χ2v) is 8.98. The van der Waals surface area contributed by atoms with Gasteiger partial charge in [-0.1, -0.05) is 19.1 Å². The molecule has 1 aromatic carbocycles. The SMILES string of the molecule is CCOC(=O)c1ccc(-c2ccc(C3NC(=O)c4c(sc5c4CCN(CC)C5)N3)o2)cc1. The summed E-state index contributed by atoms with van der Waals surface area (Å²) >= 11 is 1.67. The van der Waals surface area contributed by atoms with E-state index >= 15 is 0 Å². The number of anilines is 1. The van der Waals surface area contributed by atoms with Gasteiger partial charge in [0.2, 0.25) is 0 Å². The fraction of sp³-hybridized carbons (Fsp3) is 0.333. The minimum absolute atomic E-state index is 0.0528. The number of esters is 1. The third-order valence-corrected chi connectivity index (χ3v) is 7.10. The summed E-state index contributed by atoms with van der Waals surface area (Å²) in [5, 5.41) is 7.41. The second-order valence-electron chi connectivity index (χ2n) is 7.88. The maximum atomic E-state index is 12.9. The van der Waals surface area contributed by atoms with Crippen LogP contribution in [0.2, 0.25) is 0 Å². The van der Waals surface area contributed by atoms with Gasteiger partial charge in [-0.15, -0.1) is 11.3 Å². The molecule has 1 atom stereocenters. The first-order valence-electron chi connectivity index (χ1n) is 10.9. The van der Waals surface area contributed by atoms with E-state index in [1.54, 1.807) is 30.4 Å². The molecule has 5 rings (SSSR count). The number of amides is 1. The molecule has 32 heavy (non-hydrogen) atoms. The Balaban J connectivity index is 1.35. The average Bonchev–Trinajstić information content (AvgIpc) is 3.44. The van der Waals surface area contributed by atoms with Crippen molar-refractivity contribution in [3.8, 4) is 11.3 Å². The van der Waals surface area contributed by atoms with Gasteiger partial charge in [0.1, 0.15) is 16.5 Å². The van der Waals surface area contributed by atoms with Crippen molar-refractivity contribution < 1.29 is 18.7 Å². The van der Waals surface area contributed by atoms with E-state index < -0.39 is 6.17 Å². The molecule has 0 aliphatic carbocycles. The van der Waals surface area contributed by atoms with Crippen molar-refractivity contribution in [1.29, 1.82) is 0 Å². The quantitative estimate of drug-likeness (QED) is 0.559. The van der Waals surface area contributed by atoms with Crippen LogP contribution in [0.25, 0.3) is 11.3 Å². The standard InChI is InChI=1S/C24H25N3O4S/c1-3-27-12-11-16-19(13-27)32-23-20(16)22(28)25-21(26-23)18-10-9-17(31-18)14-5-7-15(8-6-14)24(29)30-4-2/h5-10,21,26H,3-4,11-13H2,1-2H3,(H,25,28). The summed E-state index contributed by atoms with van der Waals surface area (Å²) in [4.78, 5) is 28.5. The molecule has 0 saturated carbocycles. The number of hydrogen-bond acceptors (Lipinski definition) is 7. The number of likely N-dealkylation sites (N-methyl/N-ethyl adjacent to an activating group) is 1. The smallest absolute Gasteiger partial charge is 0.338 e. The molecular weight excluding hydrogens is 426 g/mol. The highest BCUT2D eigenvalue weighted by Gasteiger charge is 2.34. The van der Waals surface area contributed by atoms with Crippen molar-refractivity contribution in [3.63, 3.8) is 0 Å². The lowest BCUT2D eigenvalue weighted by molar-refractivity contribution is 0.0526. The number of benzene rings is 1. The van der Waals surface area contributed by atoms with E-state index in [4.69, 9.17) is 9.15 Å². The summed E-state index contributed by atoms with van der Waals surface area (Å²) in [6.45, 7) is 7.19. The number of carbonyl (C=O) groups excluding carboxylic acids is 2. The first kappa shape index (κ1) is 20.8. The first-order valence-corrected chi connectivity index (χ1v) is 11.7. The van der Waals surface area contributed by atoms with Crippen molar-refractivity contribution in [2.45, 2.75) is 33.0 Å². The summed E-state index contributed by atoms with van der Waals surface area (Å²) in [5.41, 5.74) is 3.32. The summed E-state index contributed by atoms with van der Waals surface area (Å²) in [6, 6.07) is 10.8. The zero-order valence-electron chi connectivity index (χ0n) is 18.1. The summed E-state index contributed by atoms with van der Waals surface area (Å²) in [6.07, 6.45) is 0.478. The maximum absolute atomic E-state index is 12.9. The Morgan fingerprint density at radius 2 is 2.00 bits per heavy atom. The Morgan fingerprint density at radius 3 is 2.75 bits per heavy atom. The van der Waals surface area contributed by atoms with E-state index in [2.05, 4.69) is 22.5 Å². The molecule has 2 aliphatic heterocycles. The average molecular weight is 452 g/mol. The number of hydrogen-bond donors (Lipinski definition) is 2. The first-order chi connectivity index (χ1) is 15.6. The maximum Gasteiger partial charge on any atom is 0.338 e. The van der Waals surface area contributed by atoms with Crippen LogP contribution in [0.4, 0.5) is 5.00 Å². The van der Waals surface area contributed by atoms with Crippen LogP contribution < -0.4 is 10.6 Å². The predicted octanol–water partition coefficient (Wildman–Crippen LogP) is 4.42. The molecule has 2 N–H and O–H groups in total. The molecule has 0 radical (unpaired) electrons. The lowest BCUT2D eigenvalue weighted by atomic mass is 10.0. The number of fused-ring (bicyclic) bond motifs is 3. The molecule has 2 aromatic heterocycles. The van der Waals surface area contributed by atoms with Crippen molar-refractivity contribution in [3.05, 3.63) is 63.7 Å². The van der Waals surface area contributed by atoms with Crippen LogP contribution in [0.5, 0.6) is 0 Å². The van der Waals surface area contributed by atoms with Gasteiger partial charge in [0.15, 0.2) is 6.17 Å². The van der Waals surface area contributed by atoms with Gasteiger partial charge >= 0.3 is 5.97 Å². The highest BCUT2D eigenvalue weighted by atomic mass is 32.1. The van der Waals surface area contributed by atoms with Gasteiger partial charge in [-0.2, -0.15) is 0 Å². The monoisotopic (exact) mass is 451 g/mol. The Morgan fingerprint density at radius 1 is 1.19 bits per heavy atom. The number of carbonyl (C=O) groups is 2. The molecule has 0 fully saturated rings. The van der Waals surface area contributed by atoms with Gasteiger partial charge in [0.05, 0.1) is 17.7 Å². The minimum Gasteiger partial charge on any atom is -0.462 e. The molecule has 1 amide bonds. The molecular formula is C24H25N3O4S. The molecule has 3 aromatic rings. The van der Waals surface area contributed by atoms with E-state index in [1.807, 2.05) is 24.3 Å². The van der Waals surface area contributed by atoms with Crippen molar-refractivity contribution >= 4 is 28.2 Å². The molecule has 8 heteroatoms. The zero-order chi connectivity index (χ0) is 22.2. The van der Waals surface area contributed by atoms with E-state index in [-0.39, 0.29) is 11.9 Å². The van der Waals surface area contributed by atoms with Crippen molar-refractivity contribution in [1.82, 2.24) is 10.2 Å². The van der Waals surface area contributed by atoms with Gasteiger partial charge in [0.25, 0.3) is 5.91 Å². The summed E-state index contributed by atoms with van der Waals surface area (Å²) in [5.74, 6) is 0.907. The molecule has 4 heterocycles. The predicted molar refractivity (Wildman–Crippen MR) is 123 cm³/mol. The number of rotatable bonds is 5. The number of ether oxygens (including phenoxy) is 1. The molecule has 0 spiro atoms. The number of nitrogens with zero attached hydrogens (tertiary/aromatic N) is 1. The van der Waals surface area contributed by atoms with Crippen LogP contribution in [-0.2, 0) is 17.7 Å². The Labute approximate surface area is 190 Å². The van der Waals surface area contributed by atoms with Gasteiger partial charge in [-0.25, -0.2) is 4.79 Å². The van der Waals surface area contributed by atoms with Gasteiger partial charge in [-0.05, 0) is 49.7 Å². The Hall–Kier alpha value is -3.10. The third kappa shape index (κ3) is 3.69. The molecule has 0 bridgehead atoms. The molecule has 1 unspecified atom stereocenters. The van der Waals surface area contributed by atoms with Crippen molar-refractivity contribution in [2.24, 2.45) is 0 Å². The fourth-order valence-corrected chi connectivity index (χ4v) is 5.54. The Bertz CT molecular complexity index is 1160. The number of thiophene rings is 1. The van der Waals surface area contributed by atoms with Crippen LogP contribution in [0.3, 0.4) is 0 Å². The van der Waals surface area contributed by atoms with Gasteiger partial charge in [-0.3, -0.25) is 9.69 Å². The second kappa shape index (κ2) is 8.44. The summed E-state index contributed by atoms with van der Waals surface area (Å²) < 4.78 is 11.1. The number of nitrogens with one attached hydrogen (secondary N) is 2. The van der Waals surface area contributed by atoms with E-state index in [0.29, 0.717) is 23.7 Å².